The van der Waals surface area contributed by atoms with Gasteiger partial charge in [-0.05, 0) is 19.4 Å². The molecule has 0 radical (unpaired) electrons. The van der Waals surface area contributed by atoms with Crippen molar-refractivity contribution in [3.05, 3.63) is 23.3 Å². The third kappa shape index (κ3) is 4.35. The molecule has 1 aliphatic rings. The minimum absolute atomic E-state index is 0.0228. The molecule has 0 N–H and O–H groups in total. The molecule has 1 fully saturated rings. The molecule has 138 valence electrons. The van der Waals surface area contributed by atoms with Gasteiger partial charge in [0.05, 0.1) is 27.8 Å². The molecular weight excluding hydrogens is 324 g/mol. The summed E-state index contributed by atoms with van der Waals surface area (Å²) in [6, 6.07) is 3.71. The average Bonchev–Trinajstić information content (AvgIpc) is 2.87. The fourth-order valence-corrected chi connectivity index (χ4v) is 3.13. The Morgan fingerprint density at radius 3 is 2.32 bits per heavy atom. The number of nitrogens with zero attached hydrogens (tertiary/aromatic N) is 2. The van der Waals surface area contributed by atoms with Gasteiger partial charge in [-0.1, -0.05) is 6.07 Å². The van der Waals surface area contributed by atoms with Crippen LogP contribution in [-0.4, -0.2) is 69.3 Å². The lowest BCUT2D eigenvalue weighted by atomic mass is 10.0. The number of methoxy groups -OCH3 is 3. The van der Waals surface area contributed by atoms with Gasteiger partial charge >= 0.3 is 6.09 Å². The topological polar surface area (TPSA) is 68.3 Å². The largest absolute Gasteiger partial charge is 0.496 e. The molecule has 0 atom stereocenters. The van der Waals surface area contributed by atoms with Crippen LogP contribution in [0.15, 0.2) is 12.1 Å². The second-order valence-corrected chi connectivity index (χ2v) is 5.95. The van der Waals surface area contributed by atoms with Crippen molar-refractivity contribution in [2.24, 2.45) is 0 Å². The molecule has 0 saturated carbocycles. The minimum atomic E-state index is -0.346. The van der Waals surface area contributed by atoms with Crippen LogP contribution in [0, 0.1) is 6.92 Å². The van der Waals surface area contributed by atoms with E-state index in [0.717, 1.165) is 23.3 Å². The fraction of sp³-hybridized carbons (Fsp3) is 0.556. The number of hydrogen-bond donors (Lipinski definition) is 0. The van der Waals surface area contributed by atoms with Gasteiger partial charge in [-0.2, -0.15) is 0 Å². The van der Waals surface area contributed by atoms with E-state index in [0.29, 0.717) is 31.9 Å². The Bertz CT molecular complexity index is 632. The van der Waals surface area contributed by atoms with Gasteiger partial charge in [0.15, 0.2) is 0 Å². The fourth-order valence-electron chi connectivity index (χ4n) is 3.13. The molecule has 2 rings (SSSR count). The number of hydrogen-bond acceptors (Lipinski definition) is 5. The highest BCUT2D eigenvalue weighted by molar-refractivity contribution is 5.80. The van der Waals surface area contributed by atoms with E-state index in [1.54, 1.807) is 24.0 Å². The molecule has 1 aromatic rings. The maximum Gasteiger partial charge on any atom is 0.409 e. The molecule has 0 spiro atoms. The van der Waals surface area contributed by atoms with Gasteiger partial charge in [0.1, 0.15) is 11.5 Å². The molecule has 1 heterocycles. The molecule has 2 amide bonds. The zero-order valence-corrected chi connectivity index (χ0v) is 15.3. The number of ether oxygens (including phenoxy) is 3. The Morgan fingerprint density at radius 2 is 1.68 bits per heavy atom. The van der Waals surface area contributed by atoms with Gasteiger partial charge in [-0.3, -0.25) is 4.79 Å². The van der Waals surface area contributed by atoms with E-state index in [-0.39, 0.29) is 18.4 Å². The van der Waals surface area contributed by atoms with Crippen molar-refractivity contribution in [3.63, 3.8) is 0 Å². The van der Waals surface area contributed by atoms with Crippen molar-refractivity contribution in [1.29, 1.82) is 0 Å². The molecule has 7 nitrogen and oxygen atoms in total. The van der Waals surface area contributed by atoms with E-state index in [4.69, 9.17) is 14.2 Å². The standard InChI is InChI=1S/C18H26N2O5/c1-13-15(23-2)7-6-14(17(13)24-3)12-16(21)19-8-5-9-20(11-10-19)18(22)25-4/h6-7H,5,8-12H2,1-4H3. The number of amides is 2. The second-order valence-electron chi connectivity index (χ2n) is 5.95. The van der Waals surface area contributed by atoms with Crippen molar-refractivity contribution in [2.75, 3.05) is 47.5 Å². The van der Waals surface area contributed by atoms with Gasteiger partial charge in [0, 0.05) is 37.3 Å². The van der Waals surface area contributed by atoms with E-state index in [1.807, 2.05) is 19.1 Å². The van der Waals surface area contributed by atoms with Gasteiger partial charge in [-0.25, -0.2) is 4.79 Å². The highest BCUT2D eigenvalue weighted by Crippen LogP contribution is 2.31. The first kappa shape index (κ1) is 18.9. The molecule has 0 aromatic heterocycles. The first-order valence-electron chi connectivity index (χ1n) is 8.33. The van der Waals surface area contributed by atoms with Crippen LogP contribution in [0.25, 0.3) is 0 Å². The Hall–Kier alpha value is -2.44. The molecule has 7 heteroatoms. The normalized spacial score (nSPS) is 14.7. The highest BCUT2D eigenvalue weighted by Gasteiger charge is 2.23. The summed E-state index contributed by atoms with van der Waals surface area (Å²) in [6.07, 6.45) is 0.646. The second kappa shape index (κ2) is 8.60. The van der Waals surface area contributed by atoms with E-state index < -0.39 is 0 Å². The summed E-state index contributed by atoms with van der Waals surface area (Å²) in [5, 5.41) is 0. The van der Waals surface area contributed by atoms with Crippen LogP contribution in [0.5, 0.6) is 11.5 Å². The van der Waals surface area contributed by atoms with Crippen LogP contribution in [0.2, 0.25) is 0 Å². The van der Waals surface area contributed by atoms with Crippen molar-refractivity contribution >= 4 is 12.0 Å². The predicted octanol–water partition coefficient (Wildman–Crippen LogP) is 1.86. The first-order chi connectivity index (χ1) is 12.0. The van der Waals surface area contributed by atoms with Crippen LogP contribution in [-0.2, 0) is 16.0 Å². The van der Waals surface area contributed by atoms with Crippen LogP contribution in [0.3, 0.4) is 0 Å². The van der Waals surface area contributed by atoms with Crippen LogP contribution in [0.1, 0.15) is 17.5 Å². The molecule has 1 aromatic carbocycles. The SMILES string of the molecule is COC(=O)N1CCCN(C(=O)Cc2ccc(OC)c(C)c2OC)CC1. The molecule has 25 heavy (non-hydrogen) atoms. The third-order valence-corrected chi connectivity index (χ3v) is 4.48. The van der Waals surface area contributed by atoms with Crippen molar-refractivity contribution < 1.29 is 23.8 Å². The molecule has 1 aliphatic heterocycles. The summed E-state index contributed by atoms with van der Waals surface area (Å²) < 4.78 is 15.5. The molecule has 0 unspecified atom stereocenters. The number of rotatable bonds is 4. The summed E-state index contributed by atoms with van der Waals surface area (Å²) in [5.74, 6) is 1.44. The monoisotopic (exact) mass is 350 g/mol. The first-order valence-corrected chi connectivity index (χ1v) is 8.33. The van der Waals surface area contributed by atoms with Crippen molar-refractivity contribution in [1.82, 2.24) is 9.80 Å². The summed E-state index contributed by atoms with van der Waals surface area (Å²) in [6.45, 7) is 4.12. The predicted molar refractivity (Wildman–Crippen MR) is 93.2 cm³/mol. The van der Waals surface area contributed by atoms with Gasteiger partial charge in [0.2, 0.25) is 5.91 Å². The molecular formula is C18H26N2O5. The number of carbonyl (C=O) groups is 2. The van der Waals surface area contributed by atoms with E-state index in [1.165, 1.54) is 7.11 Å². The Balaban J connectivity index is 2.07. The quantitative estimate of drug-likeness (QED) is 0.829. The van der Waals surface area contributed by atoms with Gasteiger partial charge in [0.25, 0.3) is 0 Å². The summed E-state index contributed by atoms with van der Waals surface area (Å²) >= 11 is 0. The number of benzene rings is 1. The zero-order valence-electron chi connectivity index (χ0n) is 15.3. The maximum atomic E-state index is 12.7. The van der Waals surface area contributed by atoms with E-state index in [9.17, 15) is 9.59 Å². The zero-order chi connectivity index (χ0) is 18.4. The Morgan fingerprint density at radius 1 is 1.00 bits per heavy atom. The smallest absolute Gasteiger partial charge is 0.409 e. The maximum absolute atomic E-state index is 12.7. The van der Waals surface area contributed by atoms with Gasteiger partial charge < -0.3 is 24.0 Å². The molecule has 0 bridgehead atoms. The van der Waals surface area contributed by atoms with E-state index in [2.05, 4.69) is 0 Å². The lowest BCUT2D eigenvalue weighted by molar-refractivity contribution is -0.130. The number of carbonyl (C=O) groups excluding carboxylic acids is 2. The summed E-state index contributed by atoms with van der Waals surface area (Å²) in [4.78, 5) is 27.8. The minimum Gasteiger partial charge on any atom is -0.496 e. The van der Waals surface area contributed by atoms with Crippen LogP contribution < -0.4 is 9.47 Å². The van der Waals surface area contributed by atoms with Crippen molar-refractivity contribution in [3.8, 4) is 11.5 Å². The van der Waals surface area contributed by atoms with Crippen molar-refractivity contribution in [2.45, 2.75) is 19.8 Å². The third-order valence-electron chi connectivity index (χ3n) is 4.48. The highest BCUT2D eigenvalue weighted by atomic mass is 16.5. The van der Waals surface area contributed by atoms with Crippen LogP contribution >= 0.6 is 0 Å². The van der Waals surface area contributed by atoms with E-state index >= 15 is 0 Å². The summed E-state index contributed by atoms with van der Waals surface area (Å²) in [7, 11) is 4.57. The van der Waals surface area contributed by atoms with Crippen LogP contribution in [0.4, 0.5) is 4.79 Å². The lowest BCUT2D eigenvalue weighted by Crippen LogP contribution is -2.37. The van der Waals surface area contributed by atoms with Gasteiger partial charge in [-0.15, -0.1) is 0 Å². The Labute approximate surface area is 148 Å². The lowest BCUT2D eigenvalue weighted by Gasteiger charge is -2.22. The summed E-state index contributed by atoms with van der Waals surface area (Å²) in [5.41, 5.74) is 1.71. The molecule has 0 aliphatic carbocycles. The molecule has 1 saturated heterocycles. The average molecular weight is 350 g/mol. The Kier molecular flexibility index (Phi) is 6.50.